The topological polar surface area (TPSA) is 125 Å². The van der Waals surface area contributed by atoms with E-state index < -0.39 is 14.9 Å². The Morgan fingerprint density at radius 2 is 1.88 bits per heavy atom. The average Bonchev–Trinajstić information content (AvgIpc) is 2.53. The summed E-state index contributed by atoms with van der Waals surface area (Å²) in [6.07, 6.45) is 0. The molecule has 24 heavy (non-hydrogen) atoms. The van der Waals surface area contributed by atoms with E-state index >= 15 is 0 Å². The smallest absolute Gasteiger partial charge is 0.294 e. The molecule has 0 fully saturated rings. The summed E-state index contributed by atoms with van der Waals surface area (Å²) < 4.78 is 27.9. The fraction of sp³-hybridized carbons (Fsp3) is 0.200. The van der Waals surface area contributed by atoms with Crippen LogP contribution in [-0.4, -0.2) is 19.9 Å². The maximum atomic E-state index is 11.3. The van der Waals surface area contributed by atoms with E-state index in [4.69, 9.17) is 9.88 Å². The summed E-state index contributed by atoms with van der Waals surface area (Å²) in [5, 5.41) is 19.1. The molecule has 0 atom stereocenters. The number of nitrogens with two attached hydrogens (primary N) is 1. The number of rotatable bonds is 7. The van der Waals surface area contributed by atoms with Crippen LogP contribution in [0, 0.1) is 10.1 Å². The lowest BCUT2D eigenvalue weighted by Crippen LogP contribution is -2.12. The van der Waals surface area contributed by atoms with E-state index in [9.17, 15) is 18.5 Å². The highest BCUT2D eigenvalue weighted by Crippen LogP contribution is 2.30. The van der Waals surface area contributed by atoms with Crippen molar-refractivity contribution in [3.8, 4) is 0 Å². The maximum absolute atomic E-state index is 11.3. The fourth-order valence-corrected chi connectivity index (χ4v) is 2.54. The number of hydrogen-bond acceptors (Lipinski definition) is 6. The van der Waals surface area contributed by atoms with Crippen LogP contribution in [-0.2, 0) is 21.4 Å². The van der Waals surface area contributed by atoms with Gasteiger partial charge in [-0.15, -0.1) is 0 Å². The maximum Gasteiger partial charge on any atom is 0.294 e. The van der Waals surface area contributed by atoms with Crippen LogP contribution < -0.4 is 10.5 Å². The lowest BCUT2D eigenvalue weighted by molar-refractivity contribution is -0.384. The molecule has 2 rings (SSSR count). The normalized spacial score (nSPS) is 11.2. The van der Waals surface area contributed by atoms with Crippen LogP contribution in [0.25, 0.3) is 0 Å². The Hall–Kier alpha value is -2.49. The van der Waals surface area contributed by atoms with Crippen LogP contribution in [0.1, 0.15) is 12.5 Å². The molecule has 0 saturated carbocycles. The molecular formula is C15H17N3O5S. The first-order valence-corrected chi connectivity index (χ1v) is 8.61. The number of hydrogen-bond donors (Lipinski definition) is 2. The molecule has 0 aromatic heterocycles. The quantitative estimate of drug-likeness (QED) is 0.583. The minimum Gasteiger partial charge on any atom is -0.377 e. The highest BCUT2D eigenvalue weighted by atomic mass is 32.2. The third-order valence-corrected chi connectivity index (χ3v) is 4.11. The Morgan fingerprint density at radius 3 is 2.42 bits per heavy atom. The largest absolute Gasteiger partial charge is 0.377 e. The lowest BCUT2D eigenvalue weighted by Gasteiger charge is -2.09. The first kappa shape index (κ1) is 17.9. The molecule has 0 heterocycles. The molecule has 0 bridgehead atoms. The second kappa shape index (κ2) is 7.39. The summed E-state index contributed by atoms with van der Waals surface area (Å²) in [5.41, 5.74) is 1.40. The number of primary sulfonamides is 1. The Bertz CT molecular complexity index is 835. The molecule has 0 amide bonds. The summed E-state index contributed by atoms with van der Waals surface area (Å²) in [6.45, 7) is 3.00. The van der Waals surface area contributed by atoms with E-state index in [1.54, 1.807) is 12.1 Å². The molecule has 2 aromatic carbocycles. The lowest BCUT2D eigenvalue weighted by atomic mass is 10.2. The van der Waals surface area contributed by atoms with E-state index in [1.807, 2.05) is 19.1 Å². The Morgan fingerprint density at radius 1 is 1.21 bits per heavy atom. The van der Waals surface area contributed by atoms with Crippen molar-refractivity contribution in [2.45, 2.75) is 18.4 Å². The van der Waals surface area contributed by atoms with Gasteiger partial charge in [-0.1, -0.05) is 12.1 Å². The second-order valence-electron chi connectivity index (χ2n) is 4.94. The minimum atomic E-state index is -4.01. The molecular weight excluding hydrogens is 334 g/mol. The summed E-state index contributed by atoms with van der Waals surface area (Å²) >= 11 is 0. The first-order chi connectivity index (χ1) is 11.3. The number of nitrogens with one attached hydrogen (secondary N) is 1. The van der Waals surface area contributed by atoms with Gasteiger partial charge in [0.1, 0.15) is 5.69 Å². The van der Waals surface area contributed by atoms with E-state index in [0.29, 0.717) is 18.9 Å². The van der Waals surface area contributed by atoms with Crippen LogP contribution in [0.3, 0.4) is 0 Å². The predicted octanol–water partition coefficient (Wildman–Crippen LogP) is 2.52. The van der Waals surface area contributed by atoms with Crippen LogP contribution in [0.15, 0.2) is 47.4 Å². The number of nitro groups is 1. The van der Waals surface area contributed by atoms with Crippen molar-refractivity contribution in [2.75, 3.05) is 11.9 Å². The molecule has 0 spiro atoms. The monoisotopic (exact) mass is 351 g/mol. The van der Waals surface area contributed by atoms with Gasteiger partial charge in [0, 0.05) is 18.4 Å². The van der Waals surface area contributed by atoms with Gasteiger partial charge in [0.05, 0.1) is 16.4 Å². The zero-order valence-electron chi connectivity index (χ0n) is 12.9. The molecule has 0 aliphatic rings. The van der Waals surface area contributed by atoms with Crippen LogP contribution >= 0.6 is 0 Å². The van der Waals surface area contributed by atoms with Gasteiger partial charge in [-0.25, -0.2) is 13.6 Å². The highest BCUT2D eigenvalue weighted by molar-refractivity contribution is 7.89. The van der Waals surface area contributed by atoms with Crippen molar-refractivity contribution in [2.24, 2.45) is 5.14 Å². The number of ether oxygens (including phenoxy) is 1. The molecule has 0 aliphatic carbocycles. The van der Waals surface area contributed by atoms with Gasteiger partial charge in [0.2, 0.25) is 10.0 Å². The van der Waals surface area contributed by atoms with Crippen molar-refractivity contribution in [1.29, 1.82) is 0 Å². The summed E-state index contributed by atoms with van der Waals surface area (Å²) in [4.78, 5) is 10.2. The van der Waals surface area contributed by atoms with Gasteiger partial charge in [-0.3, -0.25) is 10.1 Å². The number of nitrogens with zero attached hydrogens (tertiary/aromatic N) is 1. The van der Waals surface area contributed by atoms with Gasteiger partial charge < -0.3 is 10.1 Å². The number of benzene rings is 2. The van der Waals surface area contributed by atoms with Gasteiger partial charge in [-0.05, 0) is 36.8 Å². The van der Waals surface area contributed by atoms with Crippen LogP contribution in [0.4, 0.5) is 17.1 Å². The second-order valence-corrected chi connectivity index (χ2v) is 6.50. The van der Waals surface area contributed by atoms with Gasteiger partial charge in [-0.2, -0.15) is 0 Å². The SMILES string of the molecule is CCOCc1ccc(Nc2ccc(S(N)(=O)=O)cc2[N+](=O)[O-])cc1. The molecule has 0 unspecified atom stereocenters. The van der Waals surface area contributed by atoms with E-state index in [0.717, 1.165) is 11.6 Å². The molecule has 3 N–H and O–H groups in total. The van der Waals surface area contributed by atoms with Crippen LogP contribution in [0.5, 0.6) is 0 Å². The number of nitro benzene ring substituents is 1. The van der Waals surface area contributed by atoms with Crippen molar-refractivity contribution in [1.82, 2.24) is 0 Å². The summed E-state index contributed by atoms with van der Waals surface area (Å²) in [7, 11) is -4.01. The van der Waals surface area contributed by atoms with Crippen molar-refractivity contribution in [3.63, 3.8) is 0 Å². The van der Waals surface area contributed by atoms with E-state index in [-0.39, 0.29) is 16.3 Å². The molecule has 8 nitrogen and oxygen atoms in total. The third kappa shape index (κ3) is 4.51. The van der Waals surface area contributed by atoms with Crippen LogP contribution in [0.2, 0.25) is 0 Å². The average molecular weight is 351 g/mol. The zero-order chi connectivity index (χ0) is 17.7. The van der Waals surface area contributed by atoms with Crippen molar-refractivity contribution >= 4 is 27.1 Å². The molecule has 128 valence electrons. The minimum absolute atomic E-state index is 0.171. The Labute approximate surface area is 139 Å². The van der Waals surface area contributed by atoms with E-state index in [1.165, 1.54) is 12.1 Å². The Balaban J connectivity index is 2.27. The van der Waals surface area contributed by atoms with E-state index in [2.05, 4.69) is 5.32 Å². The Kier molecular flexibility index (Phi) is 5.50. The number of anilines is 2. The molecule has 0 radical (unpaired) electrons. The highest BCUT2D eigenvalue weighted by Gasteiger charge is 2.19. The molecule has 0 aliphatic heterocycles. The molecule has 9 heteroatoms. The summed E-state index contributed by atoms with van der Waals surface area (Å²) in [5.74, 6) is 0. The number of sulfonamides is 1. The summed E-state index contributed by atoms with van der Waals surface area (Å²) in [6, 6.07) is 10.6. The van der Waals surface area contributed by atoms with Gasteiger partial charge in [0.15, 0.2) is 0 Å². The predicted molar refractivity (Wildman–Crippen MR) is 89.5 cm³/mol. The third-order valence-electron chi connectivity index (χ3n) is 3.20. The van der Waals surface area contributed by atoms with Gasteiger partial charge in [0.25, 0.3) is 5.69 Å². The fourth-order valence-electron chi connectivity index (χ4n) is 2.00. The first-order valence-electron chi connectivity index (χ1n) is 7.06. The molecule has 2 aromatic rings. The van der Waals surface area contributed by atoms with Gasteiger partial charge >= 0.3 is 0 Å². The zero-order valence-corrected chi connectivity index (χ0v) is 13.7. The molecule has 0 saturated heterocycles. The van der Waals surface area contributed by atoms with Crippen molar-refractivity contribution in [3.05, 3.63) is 58.1 Å². The van der Waals surface area contributed by atoms with Crippen molar-refractivity contribution < 1.29 is 18.1 Å². The standard InChI is InChI=1S/C15H17N3O5S/c1-2-23-10-11-3-5-12(6-4-11)17-14-8-7-13(24(16,21)22)9-15(14)18(19)20/h3-9,17H,2,10H2,1H3,(H2,16,21,22).